The normalized spacial score (nSPS) is 17.3. The molecule has 1 aliphatic rings. The zero-order valence-corrected chi connectivity index (χ0v) is 19.3. The van der Waals surface area contributed by atoms with Gasteiger partial charge in [-0.15, -0.1) is 0 Å². The van der Waals surface area contributed by atoms with Crippen LogP contribution in [0.3, 0.4) is 0 Å². The molecule has 0 saturated carbocycles. The lowest BCUT2D eigenvalue weighted by Gasteiger charge is -2.24. The van der Waals surface area contributed by atoms with E-state index >= 15 is 0 Å². The van der Waals surface area contributed by atoms with Crippen molar-refractivity contribution in [1.82, 2.24) is 4.98 Å². The summed E-state index contributed by atoms with van der Waals surface area (Å²) in [4.78, 5) is 31.9. The first-order valence-electron chi connectivity index (χ1n) is 11.1. The second-order valence-corrected chi connectivity index (χ2v) is 8.05. The third-order valence-corrected chi connectivity index (χ3v) is 5.35. The number of carbonyl (C=O) groups excluding carboxylic acids is 2. The van der Waals surface area contributed by atoms with Crippen LogP contribution >= 0.6 is 0 Å². The molecule has 1 N–H and O–H groups in total. The maximum absolute atomic E-state index is 13.2. The number of aliphatic hydroxyl groups is 1. The number of ether oxygens (including phenoxy) is 2. The fraction of sp³-hybridized carbons (Fsp3) is 0.222. The van der Waals surface area contributed by atoms with Crippen LogP contribution in [-0.4, -0.2) is 34.5 Å². The van der Waals surface area contributed by atoms with Crippen molar-refractivity contribution in [2.75, 3.05) is 11.5 Å². The van der Waals surface area contributed by atoms with Crippen LogP contribution in [0.4, 0.5) is 5.82 Å². The van der Waals surface area contributed by atoms with Crippen LogP contribution in [0, 0.1) is 0 Å². The van der Waals surface area contributed by atoms with Gasteiger partial charge in [-0.3, -0.25) is 14.5 Å². The largest absolute Gasteiger partial charge is 0.507 e. The summed E-state index contributed by atoms with van der Waals surface area (Å²) < 4.78 is 11.2. The SMILES string of the molecule is CCOc1ccc([C@@H]2C(=C(O)c3ccc(OC(C)C)cc3)C(=O)C(=O)N2c2ccccn2)cc1. The monoisotopic (exact) mass is 458 g/mol. The molecule has 1 atom stereocenters. The number of nitrogens with zero attached hydrogens (tertiary/aromatic N) is 2. The lowest BCUT2D eigenvalue weighted by molar-refractivity contribution is -0.132. The summed E-state index contributed by atoms with van der Waals surface area (Å²) in [6, 6.07) is 18.2. The van der Waals surface area contributed by atoms with E-state index in [4.69, 9.17) is 9.47 Å². The Balaban J connectivity index is 1.83. The van der Waals surface area contributed by atoms with Crippen molar-refractivity contribution in [2.45, 2.75) is 32.9 Å². The van der Waals surface area contributed by atoms with Gasteiger partial charge in [0.05, 0.1) is 24.3 Å². The highest BCUT2D eigenvalue weighted by Crippen LogP contribution is 2.42. The van der Waals surface area contributed by atoms with Crippen LogP contribution in [0.2, 0.25) is 0 Å². The number of carbonyl (C=O) groups is 2. The number of hydrogen-bond acceptors (Lipinski definition) is 6. The number of Topliss-reactive ketones (excluding diaryl/α,β-unsaturated/α-hetero) is 1. The summed E-state index contributed by atoms with van der Waals surface area (Å²) in [6.45, 7) is 6.25. The van der Waals surface area contributed by atoms with Gasteiger partial charge in [0.25, 0.3) is 5.78 Å². The first-order valence-corrected chi connectivity index (χ1v) is 11.1. The summed E-state index contributed by atoms with van der Waals surface area (Å²) >= 11 is 0. The molecule has 1 amide bonds. The number of aliphatic hydroxyl groups excluding tert-OH is 1. The maximum Gasteiger partial charge on any atom is 0.301 e. The number of hydrogen-bond donors (Lipinski definition) is 1. The minimum atomic E-state index is -0.850. The van der Waals surface area contributed by atoms with Crippen molar-refractivity contribution >= 4 is 23.3 Å². The molecule has 2 heterocycles. The highest BCUT2D eigenvalue weighted by atomic mass is 16.5. The van der Waals surface area contributed by atoms with E-state index in [9.17, 15) is 14.7 Å². The average molecular weight is 459 g/mol. The molecular formula is C27H26N2O5. The number of anilines is 1. The van der Waals surface area contributed by atoms with Crippen LogP contribution in [0.1, 0.15) is 37.9 Å². The van der Waals surface area contributed by atoms with Gasteiger partial charge in [-0.05, 0) is 74.9 Å². The summed E-state index contributed by atoms with van der Waals surface area (Å²) in [5.41, 5.74) is 1.05. The van der Waals surface area contributed by atoms with Gasteiger partial charge < -0.3 is 14.6 Å². The van der Waals surface area contributed by atoms with E-state index in [2.05, 4.69) is 4.98 Å². The van der Waals surface area contributed by atoms with Crippen molar-refractivity contribution < 1.29 is 24.2 Å². The van der Waals surface area contributed by atoms with E-state index in [1.807, 2.05) is 20.8 Å². The molecule has 4 rings (SSSR count). The van der Waals surface area contributed by atoms with Crippen molar-refractivity contribution in [3.05, 3.63) is 89.6 Å². The highest BCUT2D eigenvalue weighted by molar-refractivity contribution is 6.51. The van der Waals surface area contributed by atoms with Gasteiger partial charge in [0.1, 0.15) is 23.1 Å². The van der Waals surface area contributed by atoms with Gasteiger partial charge in [-0.25, -0.2) is 4.98 Å². The number of benzene rings is 2. The summed E-state index contributed by atoms with van der Waals surface area (Å²) in [6.07, 6.45) is 1.56. The van der Waals surface area contributed by atoms with Crippen LogP contribution in [0.15, 0.2) is 78.5 Å². The number of aromatic nitrogens is 1. The lowest BCUT2D eigenvalue weighted by Crippen LogP contribution is -2.30. The second kappa shape index (κ2) is 9.79. The van der Waals surface area contributed by atoms with E-state index in [0.29, 0.717) is 35.1 Å². The molecule has 0 aliphatic carbocycles. The maximum atomic E-state index is 13.2. The fourth-order valence-corrected chi connectivity index (χ4v) is 3.91. The Kier molecular flexibility index (Phi) is 6.63. The van der Waals surface area contributed by atoms with E-state index in [1.165, 1.54) is 4.90 Å². The van der Waals surface area contributed by atoms with Crippen molar-refractivity contribution in [2.24, 2.45) is 0 Å². The Morgan fingerprint density at radius 1 is 1.00 bits per heavy atom. The molecule has 7 heteroatoms. The first-order chi connectivity index (χ1) is 16.4. The minimum Gasteiger partial charge on any atom is -0.507 e. The van der Waals surface area contributed by atoms with Gasteiger partial charge in [0.15, 0.2) is 0 Å². The van der Waals surface area contributed by atoms with Crippen LogP contribution in [0.5, 0.6) is 11.5 Å². The van der Waals surface area contributed by atoms with E-state index < -0.39 is 17.7 Å². The predicted molar refractivity (Wildman–Crippen MR) is 129 cm³/mol. The molecule has 34 heavy (non-hydrogen) atoms. The third-order valence-electron chi connectivity index (χ3n) is 5.35. The molecule has 2 aromatic carbocycles. The van der Waals surface area contributed by atoms with Gasteiger partial charge in [-0.1, -0.05) is 18.2 Å². The second-order valence-electron chi connectivity index (χ2n) is 8.05. The molecule has 1 aliphatic heterocycles. The van der Waals surface area contributed by atoms with Crippen LogP contribution in [0.25, 0.3) is 5.76 Å². The molecule has 1 aromatic heterocycles. The zero-order chi connectivity index (χ0) is 24.2. The Morgan fingerprint density at radius 2 is 1.68 bits per heavy atom. The van der Waals surface area contributed by atoms with Gasteiger partial charge in [0, 0.05) is 11.8 Å². The molecule has 0 spiro atoms. The van der Waals surface area contributed by atoms with Crippen molar-refractivity contribution in [1.29, 1.82) is 0 Å². The Labute approximate surface area is 198 Å². The number of amides is 1. The quantitative estimate of drug-likeness (QED) is 0.308. The summed E-state index contributed by atoms with van der Waals surface area (Å²) in [5, 5.41) is 11.2. The van der Waals surface area contributed by atoms with Gasteiger partial charge >= 0.3 is 5.91 Å². The lowest BCUT2D eigenvalue weighted by atomic mass is 9.95. The topological polar surface area (TPSA) is 89.0 Å². The Bertz CT molecular complexity index is 1200. The van der Waals surface area contributed by atoms with Crippen molar-refractivity contribution in [3.8, 4) is 11.5 Å². The van der Waals surface area contributed by atoms with Gasteiger partial charge in [0.2, 0.25) is 0 Å². The molecule has 1 fully saturated rings. The first kappa shape index (κ1) is 23.0. The average Bonchev–Trinajstić information content (AvgIpc) is 3.10. The summed E-state index contributed by atoms with van der Waals surface area (Å²) in [5.74, 6) is -0.149. The zero-order valence-electron chi connectivity index (χ0n) is 19.3. The van der Waals surface area contributed by atoms with E-state index in [-0.39, 0.29) is 17.4 Å². The molecule has 0 bridgehead atoms. The Morgan fingerprint density at radius 3 is 2.26 bits per heavy atom. The molecular weight excluding hydrogens is 432 g/mol. The summed E-state index contributed by atoms with van der Waals surface area (Å²) in [7, 11) is 0. The minimum absolute atomic E-state index is 0.00246. The molecule has 1 saturated heterocycles. The number of ketones is 1. The van der Waals surface area contributed by atoms with Crippen molar-refractivity contribution in [3.63, 3.8) is 0 Å². The molecule has 3 aromatic rings. The standard InChI is InChI=1S/C27H26N2O5/c1-4-33-20-12-8-18(9-13-20)24-23(25(30)19-10-14-21(15-11-19)34-17(2)3)26(31)27(32)29(24)22-7-5-6-16-28-22/h5-17,24,30H,4H2,1-3H3/t24-/m1/s1. The predicted octanol–water partition coefficient (Wildman–Crippen LogP) is 4.89. The molecule has 174 valence electrons. The van der Waals surface area contributed by atoms with Crippen LogP contribution < -0.4 is 14.4 Å². The van der Waals surface area contributed by atoms with Gasteiger partial charge in [-0.2, -0.15) is 0 Å². The molecule has 0 unspecified atom stereocenters. The third kappa shape index (κ3) is 4.50. The fourth-order valence-electron chi connectivity index (χ4n) is 3.91. The van der Waals surface area contributed by atoms with E-state index in [0.717, 1.165) is 0 Å². The highest BCUT2D eigenvalue weighted by Gasteiger charge is 2.47. The number of pyridine rings is 1. The number of rotatable bonds is 7. The van der Waals surface area contributed by atoms with Crippen LogP contribution in [-0.2, 0) is 9.59 Å². The van der Waals surface area contributed by atoms with E-state index in [1.54, 1.807) is 72.9 Å². The Hall–Kier alpha value is -4.13. The molecule has 0 radical (unpaired) electrons. The molecule has 7 nitrogen and oxygen atoms in total. The smallest absolute Gasteiger partial charge is 0.301 e.